The molecule has 0 spiro atoms. The number of hydroxylamine groups is 6. The molecule has 0 aliphatic rings. The highest BCUT2D eigenvalue weighted by molar-refractivity contribution is 7.92. The Balaban J connectivity index is 0.000000285. The summed E-state index contributed by atoms with van der Waals surface area (Å²) < 4.78 is 69.4. The number of hydrogen-bond donors (Lipinski definition) is 11. The lowest BCUT2D eigenvalue weighted by Crippen LogP contribution is -2.34. The van der Waals surface area contributed by atoms with Crippen LogP contribution in [0.25, 0.3) is 0 Å². The Hall–Kier alpha value is -11.8. The van der Waals surface area contributed by atoms with E-state index in [1.807, 2.05) is 116 Å². The quantitative estimate of drug-likeness (QED) is 0.00554. The van der Waals surface area contributed by atoms with Crippen molar-refractivity contribution in [1.82, 2.24) is 21.1 Å². The van der Waals surface area contributed by atoms with E-state index >= 15 is 0 Å². The summed E-state index contributed by atoms with van der Waals surface area (Å²) in [4.78, 5) is 61.3. The number of carbonyl (C=O) groups excluding carboxylic acids is 5. The lowest BCUT2D eigenvalue weighted by atomic mass is 10.0. The summed E-state index contributed by atoms with van der Waals surface area (Å²) >= 11 is 6.01. The minimum Gasteiger partial charge on any atom is -0.495 e. The summed E-state index contributed by atoms with van der Waals surface area (Å²) in [6.45, 7) is 14.1. The number of ether oxygens (including phenoxy) is 7. The van der Waals surface area contributed by atoms with E-state index in [1.165, 1.54) is 209 Å². The number of carbonyl (C=O) groups is 5. The van der Waals surface area contributed by atoms with E-state index in [0.29, 0.717) is 80.5 Å². The van der Waals surface area contributed by atoms with Gasteiger partial charge in [-0.05, 0) is 178 Å². The van der Waals surface area contributed by atoms with Crippen LogP contribution in [0.15, 0.2) is 211 Å². The molecule has 1 unspecified atom stereocenters. The number of benzene rings is 9. The third kappa shape index (κ3) is 45.6. The molecule has 0 radical (unpaired) electrons. The zero-order valence-electron chi connectivity index (χ0n) is 82.4. The second kappa shape index (κ2) is 68.2. The Bertz CT molecular complexity index is 5050. The van der Waals surface area contributed by atoms with Gasteiger partial charge in [0.25, 0.3) is 10.0 Å². The highest BCUT2D eigenvalue weighted by Gasteiger charge is 2.24. The largest absolute Gasteiger partial charge is 0.495 e. The third-order valence-corrected chi connectivity index (χ3v) is 24.2. The van der Waals surface area contributed by atoms with Gasteiger partial charge in [0.15, 0.2) is 5.75 Å². The number of unbranched alkanes of at least 4 members (excludes halogenated alkanes) is 30. The number of nitrogens with one attached hydrogen (secondary N) is 7. The topological polar surface area (TPSA) is 359 Å². The van der Waals surface area contributed by atoms with Gasteiger partial charge in [-0.3, -0.25) is 30.5 Å². The molecule has 0 aliphatic heterocycles. The van der Waals surface area contributed by atoms with Crippen molar-refractivity contribution in [3.8, 4) is 40.2 Å². The van der Waals surface area contributed by atoms with Gasteiger partial charge in [-0.2, -0.15) is 0 Å². The van der Waals surface area contributed by atoms with E-state index in [-0.39, 0.29) is 40.0 Å². The van der Waals surface area contributed by atoms with E-state index in [2.05, 4.69) is 66.7 Å². The monoisotopic (exact) mass is 1940 g/mol. The summed E-state index contributed by atoms with van der Waals surface area (Å²) in [7, 11) is -0.195. The normalized spacial score (nSPS) is 11.0. The molecule has 30 heteroatoms. The summed E-state index contributed by atoms with van der Waals surface area (Å²) in [6, 6.07) is 57.6. The van der Waals surface area contributed by atoms with Gasteiger partial charge >= 0.3 is 30.1 Å². The minimum absolute atomic E-state index is 0.0868. The first-order valence-corrected chi connectivity index (χ1v) is 51.0. The van der Waals surface area contributed by atoms with Crippen molar-refractivity contribution >= 4 is 91.5 Å². The van der Waals surface area contributed by atoms with Crippen LogP contribution in [0.5, 0.6) is 40.2 Å². The van der Waals surface area contributed by atoms with Gasteiger partial charge in [0, 0.05) is 32.3 Å². The van der Waals surface area contributed by atoms with Gasteiger partial charge in [0.05, 0.1) is 69.9 Å². The van der Waals surface area contributed by atoms with Crippen LogP contribution >= 0.6 is 11.6 Å². The molecule has 9 aromatic carbocycles. The summed E-state index contributed by atoms with van der Waals surface area (Å²) in [5.41, 5.74) is 10.1. The van der Waals surface area contributed by atoms with Crippen LogP contribution in [0.1, 0.15) is 279 Å². The Morgan fingerprint density at radius 3 is 1.43 bits per heavy atom. The van der Waals surface area contributed by atoms with E-state index in [9.17, 15) is 42.8 Å². The summed E-state index contributed by atoms with van der Waals surface area (Å²) in [5, 5.41) is 48.6. The summed E-state index contributed by atoms with van der Waals surface area (Å²) in [6.07, 6.45) is 43.1. The van der Waals surface area contributed by atoms with Crippen LogP contribution in [0.3, 0.4) is 0 Å². The molecule has 1 atom stereocenters. The fourth-order valence-electron chi connectivity index (χ4n) is 14.8. The molecule has 9 aromatic rings. The maximum atomic E-state index is 13.0. The number of urea groups is 4. The predicted molar refractivity (Wildman–Crippen MR) is 551 cm³/mol. The fraction of sp³-hybridized carbons (Fsp3) is 0.454. The SMILES string of the molecule is CCCCCCC(OCNc1ccc(N(C(=O)NO)c2ccccc2)cc1)Oc1ccc(C)cc1C.CCCCCCCCCCCCCCCCc1cc(Oc2ccccc2)c(NC(=O)NO)cc1Oc1ccccc1.CCCCCCCCCCCCOC(=O)c1ccc(Cl)c(NC(=O)N(C)O)c1.CCCCCCCCOc1ccc(S(=O)(=O)Nc2ccccc2OC)cc1NC(=O)N(C)O. The first kappa shape index (κ1) is 115. The van der Waals surface area contributed by atoms with E-state index in [4.69, 9.17) is 55.2 Å². The fourth-order valence-corrected chi connectivity index (χ4v) is 16.0. The van der Waals surface area contributed by atoms with Crippen molar-refractivity contribution < 1.29 is 86.4 Å². The molecule has 138 heavy (non-hydrogen) atoms. The molecule has 0 saturated carbocycles. The molecular formula is C108H151ClN10O18S. The summed E-state index contributed by atoms with van der Waals surface area (Å²) in [5.74, 6) is 3.57. The number of rotatable bonds is 59. The Morgan fingerprint density at radius 1 is 0.428 bits per heavy atom. The van der Waals surface area contributed by atoms with Gasteiger partial charge in [-0.25, -0.2) is 53.5 Å². The number of methoxy groups -OCH3 is 1. The predicted octanol–water partition coefficient (Wildman–Crippen LogP) is 29.5. The molecule has 0 heterocycles. The molecule has 11 N–H and O–H groups in total. The Morgan fingerprint density at radius 2 is 0.906 bits per heavy atom. The van der Waals surface area contributed by atoms with E-state index < -0.39 is 40.1 Å². The molecular weight excluding hydrogens is 1790 g/mol. The van der Waals surface area contributed by atoms with Crippen molar-refractivity contribution in [2.75, 3.05) is 72.0 Å². The van der Waals surface area contributed by atoms with Crippen LogP contribution in [-0.2, 0) is 25.9 Å². The second-order valence-electron chi connectivity index (χ2n) is 34.0. The van der Waals surface area contributed by atoms with Gasteiger partial charge in [-0.1, -0.05) is 316 Å². The van der Waals surface area contributed by atoms with E-state index in [1.54, 1.807) is 71.6 Å². The van der Waals surface area contributed by atoms with Crippen molar-refractivity contribution in [3.63, 3.8) is 0 Å². The van der Waals surface area contributed by atoms with Gasteiger partial charge < -0.3 is 54.4 Å². The average molecular weight is 1940 g/mol. The number of amides is 8. The molecule has 0 aliphatic carbocycles. The van der Waals surface area contributed by atoms with Crippen molar-refractivity contribution in [2.24, 2.45) is 0 Å². The van der Waals surface area contributed by atoms with Crippen molar-refractivity contribution in [3.05, 3.63) is 234 Å². The van der Waals surface area contributed by atoms with Crippen LogP contribution in [0.4, 0.5) is 59.0 Å². The van der Waals surface area contributed by atoms with Crippen LogP contribution in [0.2, 0.25) is 5.02 Å². The maximum absolute atomic E-state index is 13.0. The first-order chi connectivity index (χ1) is 66.9. The molecule has 754 valence electrons. The Kier molecular flexibility index (Phi) is 56.8. The number of nitrogens with zero attached hydrogens (tertiary/aromatic N) is 3. The number of aryl methyl sites for hydroxylation is 3. The Labute approximate surface area is 823 Å². The van der Waals surface area contributed by atoms with Crippen molar-refractivity contribution in [2.45, 2.75) is 284 Å². The third-order valence-electron chi connectivity index (χ3n) is 22.5. The van der Waals surface area contributed by atoms with Gasteiger partial charge in [-0.15, -0.1) is 0 Å². The number of esters is 1. The number of halogens is 1. The van der Waals surface area contributed by atoms with Crippen molar-refractivity contribution in [1.29, 1.82) is 0 Å². The molecule has 9 rings (SSSR count). The highest BCUT2D eigenvalue weighted by atomic mass is 35.5. The van der Waals surface area contributed by atoms with Crippen LogP contribution < -0.4 is 65.5 Å². The molecule has 0 saturated heterocycles. The number of hydrogen-bond acceptors (Lipinski definition) is 19. The second-order valence-corrected chi connectivity index (χ2v) is 36.1. The average Bonchev–Trinajstić information content (AvgIpc) is 0.805. The number of sulfonamides is 1. The van der Waals surface area contributed by atoms with Crippen LogP contribution in [0, 0.1) is 13.8 Å². The first-order valence-electron chi connectivity index (χ1n) is 49.1. The molecule has 28 nitrogen and oxygen atoms in total. The lowest BCUT2D eigenvalue weighted by molar-refractivity contribution is -0.0791. The smallest absolute Gasteiger partial charge is 0.350 e. The standard InChI is InChI=1S/C35H48N2O4.C29H37N3O4.C23H33N3O6S.C21H33ClN2O4/c1-2-3-4-5-6-7-8-9-10-11-12-13-14-17-22-29-27-34(41-31-25-20-16-21-26-31)32(36-35(38)37-39)28-33(29)40-30-23-18-15-19-24-30;1-4-5-6-10-13-28(36-27-19-14-22(2)20-23(27)3)35-21-30-24-15-17-26(18-16-24)32(29(33)31-34)25-11-8-7-9-12-25;1-4-5-6-7-8-11-16-32-22-15-14-18(17-20(22)24-23(27)26(2)28)33(29,30)25-19-12-9-10-13-21(19)31-3;1-3-4-5-6-7-8-9-10-11-12-15-28-20(25)17-13-14-18(22)19(16-17)23-21(26)24(2)27/h15-16,18-21,23-28,39H,2-14,17,22H2,1H3,(H2,36,37,38);7-9,11-12,14-20,28,30,34H,4-6,10,13,21H2,1-3H3,(H,31,33);9-10,12-15,17,25,28H,4-8,11,16H2,1-3H3,(H,24,27);13-14,16,27H,3-12,15H2,1-2H3,(H,23,26). The van der Waals surface area contributed by atoms with Crippen LogP contribution in [-0.4, -0.2) is 117 Å². The molecule has 0 fully saturated rings. The van der Waals surface area contributed by atoms with Gasteiger partial charge in [0.1, 0.15) is 41.2 Å². The lowest BCUT2D eigenvalue weighted by Gasteiger charge is -2.23. The van der Waals surface area contributed by atoms with Gasteiger partial charge in [0.2, 0.25) is 6.29 Å². The van der Waals surface area contributed by atoms with E-state index in [0.717, 1.165) is 107 Å². The highest BCUT2D eigenvalue weighted by Crippen LogP contribution is 2.40. The zero-order valence-corrected chi connectivity index (χ0v) is 84.0. The molecule has 0 bridgehead atoms. The molecule has 0 aromatic heterocycles. The molecule has 8 amide bonds. The zero-order chi connectivity index (χ0) is 99.8. The number of para-hydroxylation sites is 5. The maximum Gasteiger partial charge on any atom is 0.350 e. The minimum atomic E-state index is -3.99. The number of anilines is 7.